The number of rotatable bonds is 0. The third kappa shape index (κ3) is 1.98. The summed E-state index contributed by atoms with van der Waals surface area (Å²) in [5, 5.41) is 0. The number of hydrogen-bond donors (Lipinski definition) is 0. The zero-order valence-corrected chi connectivity index (χ0v) is 10.6. The molecular weight excluding hydrogens is 236 g/mol. The highest BCUT2D eigenvalue weighted by Gasteiger charge is 2.33. The van der Waals surface area contributed by atoms with Gasteiger partial charge in [0.1, 0.15) is 0 Å². The Kier molecular flexibility index (Phi) is 2.88. The van der Waals surface area contributed by atoms with Gasteiger partial charge in [0.2, 0.25) is 0 Å². The Morgan fingerprint density at radius 3 is 2.29 bits per heavy atom. The van der Waals surface area contributed by atoms with E-state index < -0.39 is 0 Å². The van der Waals surface area contributed by atoms with Crippen LogP contribution in [0.1, 0.15) is 51.9 Å². The summed E-state index contributed by atoms with van der Waals surface area (Å²) in [7, 11) is 0. The van der Waals surface area contributed by atoms with E-state index in [1.54, 1.807) is 11.1 Å². The molecule has 14 heavy (non-hydrogen) atoms. The van der Waals surface area contributed by atoms with Gasteiger partial charge in [-0.3, -0.25) is 0 Å². The first kappa shape index (κ1) is 10.5. The van der Waals surface area contributed by atoms with Crippen molar-refractivity contribution >= 4 is 15.9 Å². The summed E-state index contributed by atoms with van der Waals surface area (Å²) in [6.07, 6.45) is 9.30. The van der Waals surface area contributed by atoms with Crippen molar-refractivity contribution in [1.29, 1.82) is 0 Å². The molecule has 2 rings (SSSR count). The highest BCUT2D eigenvalue weighted by Crippen LogP contribution is 2.46. The second kappa shape index (κ2) is 3.84. The van der Waals surface area contributed by atoms with Gasteiger partial charge in [-0.15, -0.1) is 0 Å². The third-order valence-corrected chi connectivity index (χ3v) is 4.51. The van der Waals surface area contributed by atoms with E-state index in [4.69, 9.17) is 0 Å². The van der Waals surface area contributed by atoms with Crippen molar-refractivity contribution < 1.29 is 0 Å². The predicted octanol–water partition coefficient (Wildman–Crippen LogP) is 4.75. The Labute approximate surface area is 95.6 Å². The van der Waals surface area contributed by atoms with Gasteiger partial charge in [-0.05, 0) is 45.4 Å². The molecular formula is C13H19Br. The standard InChI is InChI=1S/C13H19Br/c1-10-8-12(9-13(10,2)14)11-6-4-3-5-7-11/h1,3-9H2,2H3. The van der Waals surface area contributed by atoms with Crippen molar-refractivity contribution in [2.45, 2.75) is 56.2 Å². The molecule has 2 saturated carbocycles. The van der Waals surface area contributed by atoms with Crippen LogP contribution in [0.4, 0.5) is 0 Å². The molecule has 0 radical (unpaired) electrons. The van der Waals surface area contributed by atoms with Crippen LogP contribution in [-0.4, -0.2) is 4.32 Å². The molecule has 0 saturated heterocycles. The lowest BCUT2D eigenvalue weighted by Gasteiger charge is -2.18. The van der Waals surface area contributed by atoms with E-state index in [0.29, 0.717) is 0 Å². The van der Waals surface area contributed by atoms with E-state index in [9.17, 15) is 0 Å². The fraction of sp³-hybridized carbons (Fsp3) is 0.692. The van der Waals surface area contributed by atoms with Crippen molar-refractivity contribution in [3.8, 4) is 0 Å². The number of alkyl halides is 1. The van der Waals surface area contributed by atoms with Gasteiger partial charge in [-0.2, -0.15) is 0 Å². The Hall–Kier alpha value is -0.0400. The molecule has 0 amide bonds. The van der Waals surface area contributed by atoms with Crippen molar-refractivity contribution in [2.75, 3.05) is 0 Å². The molecule has 0 nitrogen and oxygen atoms in total. The van der Waals surface area contributed by atoms with E-state index in [1.165, 1.54) is 44.1 Å². The van der Waals surface area contributed by atoms with Crippen LogP contribution in [0.5, 0.6) is 0 Å². The second-order valence-electron chi connectivity index (χ2n) is 4.92. The molecule has 0 aliphatic heterocycles. The van der Waals surface area contributed by atoms with E-state index >= 15 is 0 Å². The molecule has 1 heteroatoms. The summed E-state index contributed by atoms with van der Waals surface area (Å²) in [6, 6.07) is 0. The van der Waals surface area contributed by atoms with Gasteiger partial charge in [0.25, 0.3) is 0 Å². The molecule has 0 N–H and O–H groups in total. The van der Waals surface area contributed by atoms with Gasteiger partial charge in [0.15, 0.2) is 0 Å². The SMILES string of the molecule is C=C1CC(=C2CCCCC2)CC1(C)Br. The lowest BCUT2D eigenvalue weighted by Crippen LogP contribution is -2.10. The average molecular weight is 255 g/mol. The zero-order valence-electron chi connectivity index (χ0n) is 9.03. The summed E-state index contributed by atoms with van der Waals surface area (Å²) in [5.41, 5.74) is 4.81. The van der Waals surface area contributed by atoms with Crippen LogP contribution in [0.2, 0.25) is 0 Å². The van der Waals surface area contributed by atoms with E-state index in [-0.39, 0.29) is 4.32 Å². The predicted molar refractivity (Wildman–Crippen MR) is 65.8 cm³/mol. The Bertz CT molecular complexity index is 276. The maximum absolute atomic E-state index is 4.17. The lowest BCUT2D eigenvalue weighted by atomic mass is 9.90. The van der Waals surface area contributed by atoms with Crippen LogP contribution >= 0.6 is 15.9 Å². The van der Waals surface area contributed by atoms with Gasteiger partial charge in [0.05, 0.1) is 0 Å². The Morgan fingerprint density at radius 2 is 1.79 bits per heavy atom. The maximum atomic E-state index is 4.17. The minimum atomic E-state index is 0.187. The maximum Gasteiger partial charge on any atom is 0.0475 e. The molecule has 0 bridgehead atoms. The normalized spacial score (nSPS) is 34.0. The van der Waals surface area contributed by atoms with Crippen LogP contribution in [0.3, 0.4) is 0 Å². The molecule has 2 aliphatic carbocycles. The van der Waals surface area contributed by atoms with Gasteiger partial charge < -0.3 is 0 Å². The number of allylic oxidation sites excluding steroid dienone is 3. The summed E-state index contributed by atoms with van der Waals surface area (Å²) in [4.78, 5) is 0. The number of hydrogen-bond acceptors (Lipinski definition) is 0. The number of halogens is 1. The molecule has 1 unspecified atom stereocenters. The van der Waals surface area contributed by atoms with Gasteiger partial charge in [0, 0.05) is 4.32 Å². The molecule has 2 aliphatic rings. The Morgan fingerprint density at radius 1 is 1.14 bits per heavy atom. The van der Waals surface area contributed by atoms with E-state index in [2.05, 4.69) is 29.4 Å². The van der Waals surface area contributed by atoms with Crippen LogP contribution in [0, 0.1) is 0 Å². The Balaban J connectivity index is 2.17. The first-order valence-corrected chi connectivity index (χ1v) is 6.46. The van der Waals surface area contributed by atoms with Crippen LogP contribution in [0.25, 0.3) is 0 Å². The second-order valence-corrected chi connectivity index (χ2v) is 6.67. The van der Waals surface area contributed by atoms with Gasteiger partial charge in [-0.25, -0.2) is 0 Å². The summed E-state index contributed by atoms with van der Waals surface area (Å²) in [5.74, 6) is 0. The minimum absolute atomic E-state index is 0.187. The largest absolute Gasteiger partial charge is 0.0981 e. The molecule has 0 heterocycles. The molecule has 1 atom stereocenters. The zero-order chi connectivity index (χ0) is 10.2. The fourth-order valence-electron chi connectivity index (χ4n) is 2.61. The summed E-state index contributed by atoms with van der Waals surface area (Å²) < 4.78 is 0.187. The molecule has 78 valence electrons. The van der Waals surface area contributed by atoms with Crippen LogP contribution in [0.15, 0.2) is 23.3 Å². The van der Waals surface area contributed by atoms with Crippen molar-refractivity contribution in [3.63, 3.8) is 0 Å². The van der Waals surface area contributed by atoms with Crippen molar-refractivity contribution in [1.82, 2.24) is 0 Å². The topological polar surface area (TPSA) is 0 Å². The monoisotopic (exact) mass is 254 g/mol. The van der Waals surface area contributed by atoms with Crippen molar-refractivity contribution in [2.24, 2.45) is 0 Å². The third-order valence-electron chi connectivity index (χ3n) is 3.67. The van der Waals surface area contributed by atoms with E-state index in [1.807, 2.05) is 0 Å². The van der Waals surface area contributed by atoms with Crippen molar-refractivity contribution in [3.05, 3.63) is 23.3 Å². The smallest absolute Gasteiger partial charge is 0.0475 e. The molecule has 2 fully saturated rings. The van der Waals surface area contributed by atoms with Gasteiger partial charge in [-0.1, -0.05) is 45.6 Å². The quantitative estimate of drug-likeness (QED) is 0.433. The van der Waals surface area contributed by atoms with Crippen LogP contribution in [-0.2, 0) is 0 Å². The first-order chi connectivity index (χ1) is 6.59. The molecule has 0 aromatic carbocycles. The first-order valence-electron chi connectivity index (χ1n) is 5.66. The molecule has 0 spiro atoms. The lowest BCUT2D eigenvalue weighted by molar-refractivity contribution is 0.589. The highest BCUT2D eigenvalue weighted by atomic mass is 79.9. The molecule has 0 aromatic rings. The minimum Gasteiger partial charge on any atom is -0.0981 e. The van der Waals surface area contributed by atoms with E-state index in [0.717, 1.165) is 6.42 Å². The van der Waals surface area contributed by atoms with Gasteiger partial charge >= 0.3 is 0 Å². The summed E-state index contributed by atoms with van der Waals surface area (Å²) >= 11 is 3.78. The average Bonchev–Trinajstić information content (AvgIpc) is 2.43. The van der Waals surface area contributed by atoms with Crippen LogP contribution < -0.4 is 0 Å². The highest BCUT2D eigenvalue weighted by molar-refractivity contribution is 9.10. The summed E-state index contributed by atoms with van der Waals surface area (Å²) in [6.45, 7) is 6.43. The molecule has 0 aromatic heterocycles. The fourth-order valence-corrected chi connectivity index (χ4v) is 3.09.